The molecule has 2 amide bonds. The summed E-state index contributed by atoms with van der Waals surface area (Å²) < 4.78 is 29.4. The zero-order valence-electron chi connectivity index (χ0n) is 23.6. The van der Waals surface area contributed by atoms with E-state index in [2.05, 4.69) is 15.5 Å². The van der Waals surface area contributed by atoms with Crippen LogP contribution in [0.15, 0.2) is 78.9 Å². The van der Waals surface area contributed by atoms with Crippen molar-refractivity contribution in [3.05, 3.63) is 95.7 Å². The molecule has 1 unspecified atom stereocenters. The van der Waals surface area contributed by atoms with Crippen LogP contribution in [-0.4, -0.2) is 59.2 Å². The highest BCUT2D eigenvalue weighted by atomic mass is 31.0. The number of aromatic nitrogens is 1. The van der Waals surface area contributed by atoms with Crippen LogP contribution in [0, 0.1) is 0 Å². The third kappa shape index (κ3) is 5.23. The van der Waals surface area contributed by atoms with Crippen molar-refractivity contribution in [1.82, 2.24) is 20.1 Å². The Morgan fingerprint density at radius 1 is 0.952 bits per heavy atom. The largest absolute Gasteiger partial charge is 0.349 e. The summed E-state index contributed by atoms with van der Waals surface area (Å²) in [5.41, 5.74) is 1.28. The number of fused-ring (bicyclic) bond motifs is 4. The molecule has 0 bridgehead atoms. The lowest BCUT2D eigenvalue weighted by molar-refractivity contribution is -0.126. The number of nitrogens with zero attached hydrogens (tertiary/aromatic N) is 2. The van der Waals surface area contributed by atoms with Gasteiger partial charge in [-0.05, 0) is 53.8 Å². The minimum atomic E-state index is -3.08. The number of likely N-dealkylation sites (tertiary alicyclic amines) is 1. The average Bonchev–Trinajstić information content (AvgIpc) is 3.45. The molecule has 1 aromatic heterocycles. The number of hydrogen-bond donors (Lipinski definition) is 2. The third-order valence-corrected chi connectivity index (χ3v) is 8.89. The second kappa shape index (κ2) is 11.2. The summed E-state index contributed by atoms with van der Waals surface area (Å²) in [6.07, 6.45) is 2.12. The molecule has 2 N–H and O–H groups in total. The molecule has 1 aliphatic carbocycles. The summed E-state index contributed by atoms with van der Waals surface area (Å²) in [6, 6.07) is 25.6. The van der Waals surface area contributed by atoms with Gasteiger partial charge in [-0.3, -0.25) is 14.5 Å². The first-order valence-electron chi connectivity index (χ1n) is 14.4. The Bertz CT molecular complexity index is 1600. The lowest BCUT2D eigenvalue weighted by Gasteiger charge is -2.40. The number of rotatable bonds is 10. The predicted molar refractivity (Wildman–Crippen MR) is 165 cm³/mol. The quantitative estimate of drug-likeness (QED) is 0.195. The highest BCUT2D eigenvalue weighted by Crippen LogP contribution is 2.51. The van der Waals surface area contributed by atoms with E-state index < -0.39 is 17.6 Å². The maximum Gasteiger partial charge on any atom is 0.275 e. The van der Waals surface area contributed by atoms with E-state index in [1.54, 1.807) is 0 Å². The first-order valence-corrected chi connectivity index (χ1v) is 15.0. The molecule has 2 aliphatic rings. The van der Waals surface area contributed by atoms with Gasteiger partial charge in [0.2, 0.25) is 5.91 Å². The van der Waals surface area contributed by atoms with Crippen molar-refractivity contribution >= 4 is 32.0 Å². The van der Waals surface area contributed by atoms with Gasteiger partial charge < -0.3 is 15.2 Å². The zero-order chi connectivity index (χ0) is 29.5. The lowest BCUT2D eigenvalue weighted by atomic mass is 9.73. The van der Waals surface area contributed by atoms with Crippen molar-refractivity contribution in [3.8, 4) is 11.1 Å². The zero-order valence-corrected chi connectivity index (χ0v) is 24.7. The number of carbonyl (C=O) groups is 2. The average molecular weight is 589 g/mol. The molecule has 6 rings (SSSR count). The summed E-state index contributed by atoms with van der Waals surface area (Å²) in [5, 5.41) is 6.74. The number of alkyl halides is 2. The number of unbranched alkanes of at least 4 members (excludes halogenated alkanes) is 1. The molecule has 1 aliphatic heterocycles. The fourth-order valence-electron chi connectivity index (χ4n) is 6.64. The fourth-order valence-corrected chi connectivity index (χ4v) is 6.74. The molecule has 42 heavy (non-hydrogen) atoms. The number of halogens is 2. The van der Waals surface area contributed by atoms with E-state index >= 15 is 0 Å². The van der Waals surface area contributed by atoms with Crippen molar-refractivity contribution < 1.29 is 18.4 Å². The second-order valence-electron chi connectivity index (χ2n) is 11.5. The third-order valence-electron chi connectivity index (χ3n) is 8.69. The summed E-state index contributed by atoms with van der Waals surface area (Å²) in [6.45, 7) is 1.65. The van der Waals surface area contributed by atoms with Crippen LogP contribution in [0.1, 0.15) is 40.9 Å². The van der Waals surface area contributed by atoms with Crippen LogP contribution in [0.3, 0.4) is 0 Å². The van der Waals surface area contributed by atoms with Gasteiger partial charge >= 0.3 is 0 Å². The van der Waals surface area contributed by atoms with E-state index in [4.69, 9.17) is 0 Å². The number of aryl methyl sites for hydroxylation is 1. The molecule has 1 saturated heterocycles. The molecule has 4 aromatic rings. The van der Waals surface area contributed by atoms with E-state index in [9.17, 15) is 18.4 Å². The van der Waals surface area contributed by atoms with Crippen LogP contribution in [0.2, 0.25) is 0 Å². The molecule has 1 atom stereocenters. The predicted octanol–water partition coefficient (Wildman–Crippen LogP) is 5.31. The van der Waals surface area contributed by atoms with Gasteiger partial charge in [0, 0.05) is 31.0 Å². The minimum absolute atomic E-state index is 0.0686. The molecule has 0 spiro atoms. The minimum Gasteiger partial charge on any atom is -0.349 e. The topological polar surface area (TPSA) is 66.4 Å². The van der Waals surface area contributed by atoms with Crippen LogP contribution in [0.25, 0.3) is 22.0 Å². The number of nitrogens with one attached hydrogen (secondary N) is 2. The Kier molecular flexibility index (Phi) is 7.62. The molecule has 1 fully saturated rings. The first kappa shape index (κ1) is 28.5. The number of carbonyl (C=O) groups excluding carboxylic acids is 2. The van der Waals surface area contributed by atoms with E-state index in [0.29, 0.717) is 12.1 Å². The molecule has 6 nitrogen and oxygen atoms in total. The number of para-hydroxylation sites is 1. The van der Waals surface area contributed by atoms with E-state index in [-0.39, 0.29) is 17.9 Å². The van der Waals surface area contributed by atoms with Crippen molar-refractivity contribution in [2.45, 2.75) is 36.4 Å². The highest BCUT2D eigenvalue weighted by molar-refractivity contribution is 7.18. The van der Waals surface area contributed by atoms with Gasteiger partial charge in [-0.15, -0.1) is 0 Å². The Morgan fingerprint density at radius 2 is 1.57 bits per heavy atom. The van der Waals surface area contributed by atoms with E-state index in [0.717, 1.165) is 65.6 Å². The van der Waals surface area contributed by atoms with Gasteiger partial charge in [0.25, 0.3) is 11.6 Å². The van der Waals surface area contributed by atoms with Gasteiger partial charge in [0.15, 0.2) is 0 Å². The Morgan fingerprint density at radius 3 is 2.21 bits per heavy atom. The smallest absolute Gasteiger partial charge is 0.275 e. The maximum absolute atomic E-state index is 13.8. The van der Waals surface area contributed by atoms with Crippen molar-refractivity contribution in [2.75, 3.05) is 26.2 Å². The molecule has 2 heterocycles. The monoisotopic (exact) mass is 588 g/mol. The first-order chi connectivity index (χ1) is 20.2. The molecular weight excluding hydrogens is 553 g/mol. The summed E-state index contributed by atoms with van der Waals surface area (Å²) in [4.78, 5) is 29.0. The standard InChI is InChI=1S/C33H35F2N4O2P/c1-38-28-15-7-2-10-22(28)18-29(38)30(40)37-23-19-39(20-23)17-9-8-16-32(31(41)36-21-33(34,35)42)26-13-5-3-11-24(26)25-12-4-6-14-27(25)32/h2-7,10-15,18,23H,8-9,16-17,19-21,42H2,1H3,(H,36,41)(H,37,40). The van der Waals surface area contributed by atoms with Crippen LogP contribution in [0.5, 0.6) is 0 Å². The van der Waals surface area contributed by atoms with E-state index in [1.165, 1.54) is 9.24 Å². The fraction of sp³-hybridized carbons (Fsp3) is 0.333. The van der Waals surface area contributed by atoms with Crippen LogP contribution in [-0.2, 0) is 17.3 Å². The molecule has 3 aromatic carbocycles. The van der Waals surface area contributed by atoms with Crippen LogP contribution >= 0.6 is 9.24 Å². The SMILES string of the molecule is Cn1c(C(=O)NC2CN(CCCCC3(C(=O)NCC(F)(F)P)c4ccccc4-c4ccccc43)C2)cc2ccccc21. The summed E-state index contributed by atoms with van der Waals surface area (Å²) in [5.74, 6) is -0.456. The Hall–Kier alpha value is -3.61. The molecule has 218 valence electrons. The van der Waals surface area contributed by atoms with E-state index in [1.807, 2.05) is 90.5 Å². The molecule has 0 radical (unpaired) electrons. The summed E-state index contributed by atoms with van der Waals surface area (Å²) in [7, 11) is 3.41. The van der Waals surface area contributed by atoms with Crippen molar-refractivity contribution in [3.63, 3.8) is 0 Å². The van der Waals surface area contributed by atoms with Crippen molar-refractivity contribution in [2.24, 2.45) is 7.05 Å². The Balaban J connectivity index is 1.08. The van der Waals surface area contributed by atoms with Crippen LogP contribution < -0.4 is 10.6 Å². The number of benzene rings is 3. The molecular formula is C33H35F2N4O2P. The van der Waals surface area contributed by atoms with Crippen LogP contribution in [0.4, 0.5) is 8.78 Å². The second-order valence-corrected chi connectivity index (χ2v) is 12.3. The van der Waals surface area contributed by atoms with Gasteiger partial charge in [-0.25, -0.2) is 8.78 Å². The van der Waals surface area contributed by atoms with Gasteiger partial charge in [0.1, 0.15) is 11.1 Å². The number of hydrogen-bond acceptors (Lipinski definition) is 3. The Labute approximate surface area is 246 Å². The maximum atomic E-state index is 13.8. The normalized spacial score (nSPS) is 16.1. The summed E-state index contributed by atoms with van der Waals surface area (Å²) >= 11 is 0. The van der Waals surface area contributed by atoms with Gasteiger partial charge in [0.05, 0.1) is 12.6 Å². The van der Waals surface area contributed by atoms with Gasteiger partial charge in [-0.1, -0.05) is 82.4 Å². The number of amides is 2. The highest BCUT2D eigenvalue weighted by Gasteiger charge is 2.48. The molecule has 9 heteroatoms. The van der Waals surface area contributed by atoms with Crippen molar-refractivity contribution in [1.29, 1.82) is 0 Å². The van der Waals surface area contributed by atoms with Gasteiger partial charge in [-0.2, -0.15) is 0 Å². The molecule has 0 saturated carbocycles. The lowest BCUT2D eigenvalue weighted by Crippen LogP contribution is -2.59.